The predicted molar refractivity (Wildman–Crippen MR) is 199 cm³/mol. The molecule has 41 heavy (non-hydrogen) atoms. The van der Waals surface area contributed by atoms with Crippen molar-refractivity contribution in [2.75, 3.05) is 0 Å². The monoisotopic (exact) mass is 699 g/mol. The summed E-state index contributed by atoms with van der Waals surface area (Å²) in [6, 6.07) is 28.8. The summed E-state index contributed by atoms with van der Waals surface area (Å²) >= 11 is 0. The molecule has 0 aliphatic carbocycles. The largest absolute Gasteiger partial charge is 0.256 e. The smallest absolute Gasteiger partial charge is 0.0631 e. The number of hydrogen-bond donors (Lipinski definition) is 0. The Hall–Kier alpha value is -0.323. The molecule has 0 spiro atoms. The van der Waals surface area contributed by atoms with Crippen molar-refractivity contribution in [3.63, 3.8) is 0 Å². The zero-order valence-electron chi connectivity index (χ0n) is 27.8. The molecule has 3 aromatic carbocycles. The third kappa shape index (κ3) is 8.65. The fourth-order valence-corrected chi connectivity index (χ4v) is 17.7. The van der Waals surface area contributed by atoms with E-state index in [9.17, 15) is 0 Å². The van der Waals surface area contributed by atoms with Gasteiger partial charge in [0, 0.05) is 44.2 Å². The number of rotatable bonds is 12. The average Bonchev–Trinajstić information content (AvgIpc) is 2.86. The Labute approximate surface area is 271 Å². The molecule has 0 saturated heterocycles. The van der Waals surface area contributed by atoms with E-state index in [0.29, 0.717) is 34.0 Å². The minimum absolute atomic E-state index is 0. The first-order chi connectivity index (χ1) is 18.9. The van der Waals surface area contributed by atoms with Gasteiger partial charge in [-0.05, 0) is 118 Å². The summed E-state index contributed by atoms with van der Waals surface area (Å²) in [5.41, 5.74) is 8.85. The maximum Gasteiger partial charge on any atom is 0.256 e. The summed E-state index contributed by atoms with van der Waals surface area (Å²) < 4.78 is 0. The Morgan fingerprint density at radius 2 is 0.561 bits per heavy atom. The van der Waals surface area contributed by atoms with Crippen LogP contribution in [0.3, 0.4) is 0 Å². The molecule has 0 fully saturated rings. The van der Waals surface area contributed by atoms with Crippen molar-refractivity contribution in [1.29, 1.82) is 0 Å². The van der Waals surface area contributed by atoms with Crippen LogP contribution in [0.15, 0.2) is 72.8 Å². The Kier molecular flexibility index (Phi) is 15.0. The van der Waals surface area contributed by atoms with Crippen LogP contribution in [0.1, 0.15) is 83.1 Å². The Bertz CT molecular complexity index is 1050. The van der Waals surface area contributed by atoms with Gasteiger partial charge in [-0.15, -0.1) is 0 Å². The Balaban J connectivity index is 0.00000588. The summed E-state index contributed by atoms with van der Waals surface area (Å²) in [5.74, 6) is 0. The van der Waals surface area contributed by atoms with Crippen LogP contribution >= 0.6 is 23.8 Å². The van der Waals surface area contributed by atoms with E-state index in [0.717, 1.165) is 0 Å². The molecule has 0 nitrogen and oxygen atoms in total. The second kappa shape index (κ2) is 16.7. The van der Waals surface area contributed by atoms with Crippen LogP contribution in [0, 0.1) is 0 Å². The first-order valence-corrected chi connectivity index (χ1v) is 20.7. The van der Waals surface area contributed by atoms with E-state index in [1.807, 2.05) is 0 Å². The Morgan fingerprint density at radius 1 is 0.366 bits per heavy atom. The van der Waals surface area contributed by atoms with E-state index in [-0.39, 0.29) is 27.1 Å². The van der Waals surface area contributed by atoms with Gasteiger partial charge in [-0.25, -0.2) is 0 Å². The molecule has 0 radical (unpaired) electrons. The van der Waals surface area contributed by atoms with Gasteiger partial charge in [-0.2, -0.15) is 0 Å². The quantitative estimate of drug-likeness (QED) is 0.139. The van der Waals surface area contributed by atoms with Gasteiger partial charge < -0.3 is 0 Å². The van der Waals surface area contributed by atoms with Crippen LogP contribution in [0.4, 0.5) is 0 Å². The molecule has 0 N–H and O–H groups in total. The number of benzene rings is 3. The van der Waals surface area contributed by atoms with Gasteiger partial charge in [-0.1, -0.05) is 54.6 Å². The fraction of sp³-hybridized carbons (Fsp3) is 0.500. The summed E-state index contributed by atoms with van der Waals surface area (Å²) in [6.07, 6.45) is 0. The van der Waals surface area contributed by atoms with Crippen molar-refractivity contribution in [2.24, 2.45) is 0 Å². The fourth-order valence-electron chi connectivity index (χ4n) is 7.40. The Morgan fingerprint density at radius 3 is 0.756 bits per heavy atom. The van der Waals surface area contributed by atoms with Gasteiger partial charge in [0.2, 0.25) is 0 Å². The third-order valence-corrected chi connectivity index (χ3v) is 19.2. The van der Waals surface area contributed by atoms with Gasteiger partial charge in [0.15, 0.2) is 0 Å². The SMILES string of the molecule is CC(C)[PH+](c1ccccc1B(c1ccccc1[PH+](C(C)C)C(C)C)c1ccccc1[PH+](C(C)C)C(C)C)C(C)C.[Pd]. The molecule has 3 aromatic rings. The molecule has 0 aliphatic heterocycles. The molecular formula is C36H57BP3Pd+3. The molecule has 3 rings (SSSR count). The molecule has 0 heterocycles. The summed E-state index contributed by atoms with van der Waals surface area (Å²) in [6.45, 7) is 29.8. The maximum atomic E-state index is 2.50. The molecule has 0 amide bonds. The minimum Gasteiger partial charge on any atom is -0.0631 e. The zero-order valence-corrected chi connectivity index (χ0v) is 32.3. The van der Waals surface area contributed by atoms with Gasteiger partial charge in [0.05, 0.1) is 49.9 Å². The van der Waals surface area contributed by atoms with Crippen molar-refractivity contribution in [2.45, 2.75) is 117 Å². The van der Waals surface area contributed by atoms with Crippen LogP contribution in [0.5, 0.6) is 0 Å². The standard InChI is InChI=1S/C36H54BP3.Pd/c1-25(2)38(26(3)4)34-22-16-13-19-31(34)37(32-20-14-17-23-35(32)39(27(5)6)28(7)8)33-21-15-18-24-36(33)40(29(9)10)30(11)12;/h13-30H,1-12H3;/p+3. The molecule has 0 unspecified atom stereocenters. The van der Waals surface area contributed by atoms with E-state index in [1.54, 1.807) is 32.3 Å². The van der Waals surface area contributed by atoms with E-state index in [4.69, 9.17) is 0 Å². The molecular weight excluding hydrogens is 643 g/mol. The minimum atomic E-state index is -0.758. The van der Waals surface area contributed by atoms with Crippen molar-refractivity contribution < 1.29 is 20.4 Å². The van der Waals surface area contributed by atoms with E-state index in [1.165, 1.54) is 0 Å². The summed E-state index contributed by atoms with van der Waals surface area (Å²) in [4.78, 5) is 0. The van der Waals surface area contributed by atoms with Crippen LogP contribution < -0.4 is 32.3 Å². The summed E-state index contributed by atoms with van der Waals surface area (Å²) in [5, 5.41) is 4.95. The molecule has 226 valence electrons. The second-order valence-corrected chi connectivity index (χ2v) is 24.8. The number of hydrogen-bond acceptors (Lipinski definition) is 0. The molecule has 0 saturated carbocycles. The van der Waals surface area contributed by atoms with Gasteiger partial charge in [-0.3, -0.25) is 0 Å². The van der Waals surface area contributed by atoms with Crippen LogP contribution in [-0.2, 0) is 20.4 Å². The second-order valence-electron chi connectivity index (χ2n) is 13.5. The molecule has 5 heteroatoms. The third-order valence-electron chi connectivity index (χ3n) is 8.48. The van der Waals surface area contributed by atoms with E-state index < -0.39 is 23.8 Å². The van der Waals surface area contributed by atoms with E-state index in [2.05, 4.69) is 156 Å². The molecule has 0 bridgehead atoms. The topological polar surface area (TPSA) is 0 Å². The van der Waals surface area contributed by atoms with Crippen molar-refractivity contribution in [3.05, 3.63) is 72.8 Å². The van der Waals surface area contributed by atoms with Crippen LogP contribution in [-0.4, -0.2) is 40.7 Å². The van der Waals surface area contributed by atoms with Crippen molar-refractivity contribution in [1.82, 2.24) is 0 Å². The normalized spacial score (nSPS) is 12.2. The first kappa shape index (κ1) is 36.9. The van der Waals surface area contributed by atoms with Crippen LogP contribution in [0.2, 0.25) is 0 Å². The first-order valence-electron chi connectivity index (χ1n) is 15.8. The molecule has 0 aromatic heterocycles. The maximum absolute atomic E-state index is 2.50. The zero-order chi connectivity index (χ0) is 29.7. The van der Waals surface area contributed by atoms with E-state index >= 15 is 0 Å². The van der Waals surface area contributed by atoms with Crippen LogP contribution in [0.25, 0.3) is 0 Å². The van der Waals surface area contributed by atoms with Crippen molar-refractivity contribution >= 4 is 62.8 Å². The molecule has 0 atom stereocenters. The van der Waals surface area contributed by atoms with Gasteiger partial charge in [0.1, 0.15) is 0 Å². The summed E-state index contributed by atoms with van der Waals surface area (Å²) in [7, 11) is -2.27. The van der Waals surface area contributed by atoms with Crippen molar-refractivity contribution in [3.8, 4) is 0 Å². The average molecular weight is 700 g/mol. The molecule has 0 aliphatic rings. The van der Waals surface area contributed by atoms with Gasteiger partial charge in [0.25, 0.3) is 6.71 Å². The van der Waals surface area contributed by atoms with Gasteiger partial charge >= 0.3 is 0 Å². The predicted octanol–water partition coefficient (Wildman–Crippen LogP) is 7.17.